The van der Waals surface area contributed by atoms with Gasteiger partial charge in [-0.1, -0.05) is 78.4 Å². The van der Waals surface area contributed by atoms with Crippen molar-refractivity contribution in [2.24, 2.45) is 52.3 Å². The summed E-state index contributed by atoms with van der Waals surface area (Å²) in [5.41, 5.74) is 2.31. The molecule has 8 nitrogen and oxygen atoms in total. The molecule has 334 valence electrons. The van der Waals surface area contributed by atoms with Gasteiger partial charge < -0.3 is 24.8 Å². The molecule has 0 spiro atoms. The molecule has 0 aromatic heterocycles. The van der Waals surface area contributed by atoms with Gasteiger partial charge in [0.2, 0.25) is 5.91 Å². The number of carbonyl (C=O) groups is 2. The van der Waals surface area contributed by atoms with E-state index in [1.54, 1.807) is 5.57 Å². The first-order valence-corrected chi connectivity index (χ1v) is 23.1. The first kappa shape index (κ1) is 101. The van der Waals surface area contributed by atoms with E-state index in [1.165, 1.54) is 58.0 Å². The van der Waals surface area contributed by atoms with E-state index in [9.17, 15) is 14.2 Å². The van der Waals surface area contributed by atoms with Crippen molar-refractivity contribution in [2.45, 2.75) is 169 Å². The summed E-state index contributed by atoms with van der Waals surface area (Å²) in [5, 5.41) is 6.22. The summed E-state index contributed by atoms with van der Waals surface area (Å²) in [6.45, 7) is 14.6. The van der Waals surface area contributed by atoms with Crippen molar-refractivity contribution in [3.8, 4) is 0 Å². The summed E-state index contributed by atoms with van der Waals surface area (Å²) in [5.74, 6) is 5.09. The second-order valence-corrected chi connectivity index (χ2v) is 20.5. The van der Waals surface area contributed by atoms with Crippen LogP contribution in [0.3, 0.4) is 0 Å². The van der Waals surface area contributed by atoms with Gasteiger partial charge in [-0.25, -0.2) is 4.79 Å². The van der Waals surface area contributed by atoms with Crippen LogP contribution in [0.15, 0.2) is 11.6 Å². The molecule has 0 aromatic carbocycles. The van der Waals surface area contributed by atoms with Gasteiger partial charge in [-0.3, -0.25) is 9.36 Å². The topological polar surface area (TPSA) is 114 Å². The van der Waals surface area contributed by atoms with Gasteiger partial charge in [-0.05, 0) is 130 Å². The number of nitrogens with one attached hydrogen (secondary N) is 2. The van der Waals surface area contributed by atoms with E-state index in [-0.39, 0.29) is 493 Å². The van der Waals surface area contributed by atoms with Crippen LogP contribution in [0.4, 0.5) is 4.79 Å². The van der Waals surface area contributed by atoms with E-state index in [1.807, 2.05) is 0 Å². The van der Waals surface area contributed by atoms with Gasteiger partial charge in [0.05, 0.1) is 6.61 Å². The number of alkyl carbamates (subject to hydrolysis) is 1. The van der Waals surface area contributed by atoms with E-state index >= 15 is 0 Å². The Bertz CT molecular complexity index is 1290. The number of allylic oxidation sites excluding steroid dienone is 1. The Labute approximate surface area is 749 Å². The molecule has 0 aliphatic heterocycles. The second-order valence-electron chi connectivity index (χ2n) is 18.6. The van der Waals surface area contributed by atoms with Crippen LogP contribution in [0.2, 0.25) is 0 Å². The van der Waals surface area contributed by atoms with Gasteiger partial charge in [0.1, 0.15) is 6.10 Å². The van der Waals surface area contributed by atoms with Crippen LogP contribution in [0.25, 0.3) is 0 Å². The Morgan fingerprint density at radius 2 is 1.32 bits per heavy atom. The molecule has 65 heavy (non-hydrogen) atoms. The smallest absolute Gasteiger partial charge is 0.407 e. The van der Waals surface area contributed by atoms with Crippen LogP contribution in [-0.4, -0.2) is 48.9 Å². The van der Waals surface area contributed by atoms with Crippen LogP contribution >= 0.6 is 7.60 Å². The van der Waals surface area contributed by atoms with Crippen molar-refractivity contribution in [1.29, 1.82) is 0 Å². The van der Waals surface area contributed by atoms with E-state index in [4.69, 9.17) is 14.2 Å². The van der Waals surface area contributed by atoms with E-state index in [0.717, 1.165) is 106 Å². The molecule has 2 amide bonds. The summed E-state index contributed by atoms with van der Waals surface area (Å²) in [7, 11) is -3.39. The fourth-order valence-electron chi connectivity index (χ4n) is 11.8. The SMILES string of the molecule is CC(C)CCC[C@@H](C)[C@H]1CC[C@H]2[C@@H]3CC=C4C[C@@H](OC(=O)NC5CCC(C(=O)NCCCCCCOP(C)(=O)O)CC5)CC[C@]4(C)[C@H]3CC[C@]12C.[Y].[Y].[Y].[Y].[Y].[Y].[Y].[Y].[Y].[Y].[Y].[Y].[Y].[Y]. The summed E-state index contributed by atoms with van der Waals surface area (Å²) < 4.78 is 22.1. The Hall–Kier alpha value is 14.1. The zero-order valence-corrected chi connectivity index (χ0v) is 81.8. The van der Waals surface area contributed by atoms with E-state index in [0.29, 0.717) is 18.6 Å². The van der Waals surface area contributed by atoms with Crippen LogP contribution in [0, 0.1) is 52.3 Å². The Morgan fingerprint density at radius 1 is 0.738 bits per heavy atom. The predicted octanol–water partition coefficient (Wildman–Crippen LogP) is 10.2. The maximum atomic E-state index is 13.1. The minimum absolute atomic E-state index is 0. The number of hydrogen-bond donors (Lipinski definition) is 3. The van der Waals surface area contributed by atoms with Crippen molar-refractivity contribution < 1.29 is 486 Å². The molecule has 0 bridgehead atoms. The average molecular weight is 1980 g/mol. The first-order chi connectivity index (χ1) is 24.2. The molecule has 5 aliphatic carbocycles. The number of unbranched alkanes of at least 4 members (excludes halogenated alkanes) is 3. The molecule has 0 heterocycles. The number of ether oxygens (including phenoxy) is 1. The summed E-state index contributed by atoms with van der Waals surface area (Å²) in [6, 6.07) is 0.0642. The van der Waals surface area contributed by atoms with Crippen molar-refractivity contribution in [3.05, 3.63) is 11.6 Å². The van der Waals surface area contributed by atoms with Crippen LogP contribution in [0.5, 0.6) is 0 Å². The number of amides is 2. The Balaban J connectivity index is -0.000000270. The number of fused-ring (bicyclic) bond motifs is 5. The summed E-state index contributed by atoms with van der Waals surface area (Å²) >= 11 is 0. The molecule has 0 aromatic rings. The molecular weight excluding hydrogens is 1900 g/mol. The monoisotopic (exact) mass is 1980 g/mol. The van der Waals surface area contributed by atoms with E-state index in [2.05, 4.69) is 51.3 Å². The number of carbonyl (C=O) groups excluding carboxylic acids is 2. The molecule has 5 rings (SSSR count). The molecule has 4 saturated carbocycles. The zero-order chi connectivity index (χ0) is 36.8. The van der Waals surface area contributed by atoms with Gasteiger partial charge in [0.25, 0.3) is 0 Å². The summed E-state index contributed by atoms with van der Waals surface area (Å²) in [6.07, 6.45) is 22.8. The van der Waals surface area contributed by atoms with Crippen molar-refractivity contribution in [2.75, 3.05) is 19.8 Å². The number of hydrogen-bond acceptors (Lipinski definition) is 5. The van der Waals surface area contributed by atoms with E-state index < -0.39 is 7.60 Å². The largest absolute Gasteiger partial charge is 0.446 e. The second kappa shape index (κ2) is 52.4. The Kier molecular flexibility index (Phi) is 81.5. The number of rotatable bonds is 16. The van der Waals surface area contributed by atoms with Gasteiger partial charge in [-0.2, -0.15) is 0 Å². The first-order valence-electron chi connectivity index (χ1n) is 21.1. The molecule has 5 aliphatic rings. The predicted molar refractivity (Wildman–Crippen MR) is 205 cm³/mol. The molecule has 3 N–H and O–H groups in total. The summed E-state index contributed by atoms with van der Waals surface area (Å²) in [4.78, 5) is 34.9. The fraction of sp³-hybridized carbons (Fsp3) is 0.905. The van der Waals surface area contributed by atoms with Crippen LogP contribution in [0.1, 0.15) is 157 Å². The van der Waals surface area contributed by atoms with Gasteiger partial charge in [0, 0.05) is 490 Å². The molecular formula is C42H73N2O6PY14. The van der Waals surface area contributed by atoms with Gasteiger partial charge in [0.15, 0.2) is 0 Å². The zero-order valence-electron chi connectivity index (χ0n) is 41.1. The maximum absolute atomic E-state index is 13.1. The van der Waals surface area contributed by atoms with Crippen molar-refractivity contribution in [3.63, 3.8) is 0 Å². The third-order valence-electron chi connectivity index (χ3n) is 14.7. The van der Waals surface area contributed by atoms with Gasteiger partial charge in [-0.15, -0.1) is 0 Å². The molecule has 9 atom stereocenters. The quantitative estimate of drug-likeness (QED) is 0.0806. The van der Waals surface area contributed by atoms with Crippen LogP contribution < -0.4 is 10.6 Å². The molecule has 23 heteroatoms. The minimum atomic E-state index is -3.39. The molecule has 14 radical (unpaired) electrons. The minimum Gasteiger partial charge on any atom is -0.446 e. The normalized spacial score (nSPS) is 28.7. The fourth-order valence-corrected chi connectivity index (χ4v) is 12.2. The van der Waals surface area contributed by atoms with Crippen molar-refractivity contribution >= 4 is 19.6 Å². The molecule has 1 unspecified atom stereocenters. The third kappa shape index (κ3) is 33.5. The van der Waals surface area contributed by atoms with Crippen LogP contribution in [-0.2, 0) is 477 Å². The van der Waals surface area contributed by atoms with Crippen molar-refractivity contribution in [1.82, 2.24) is 10.6 Å². The third-order valence-corrected chi connectivity index (χ3v) is 15.3. The van der Waals surface area contributed by atoms with Gasteiger partial charge >= 0.3 is 13.7 Å². The molecule has 4 fully saturated rings. The Morgan fingerprint density at radius 3 is 1.89 bits per heavy atom. The average Bonchev–Trinajstić information content (AvgIpc) is 3.43. The standard InChI is InChI=1S/C42H73N2O6P.14Y/c1-29(2)12-11-13-30(3)36-20-21-37-35-19-16-32-28-34(22-24-41(32,4)38(35)23-25-42(36,37)5)50-40(46)44-33-17-14-31(15-18-33)39(45)43-26-9-7-8-10-27-49-51(6,47)48;;;;;;;;;;;;;;/h16,29-31,33-38H,7-15,17-28H2,1-6H3,(H,43,45)(H,44,46)(H,47,48);;;;;;;;;;;;;;/t30-,31?,33?,34+,35+,36-,37+,38+,41+,42-;;;;;;;;;;;;;;/m1............../s1. The maximum Gasteiger partial charge on any atom is 0.407 e. The molecule has 0 saturated heterocycles.